The van der Waals surface area contributed by atoms with Crippen molar-refractivity contribution in [3.8, 4) is 5.69 Å². The molecule has 2 aromatic rings. The molecule has 1 N–H and O–H groups in total. The molecule has 1 heterocycles. The topological polar surface area (TPSA) is 90.7 Å². The first-order chi connectivity index (χ1) is 9.95. The van der Waals surface area contributed by atoms with Crippen LogP contribution in [-0.4, -0.2) is 27.6 Å². The van der Waals surface area contributed by atoms with Gasteiger partial charge in [-0.3, -0.25) is 5.21 Å². The number of hydrogen-bond donors (Lipinski definition) is 1. The summed E-state index contributed by atoms with van der Waals surface area (Å²) in [6, 6.07) is 6.28. The highest BCUT2D eigenvalue weighted by molar-refractivity contribution is 5.92. The Morgan fingerprint density at radius 3 is 2.81 bits per heavy atom. The van der Waals surface area contributed by atoms with Crippen molar-refractivity contribution in [2.24, 2.45) is 0 Å². The van der Waals surface area contributed by atoms with E-state index >= 15 is 0 Å². The second-order valence-corrected chi connectivity index (χ2v) is 4.47. The van der Waals surface area contributed by atoms with Crippen molar-refractivity contribution in [3.05, 3.63) is 46.4 Å². The van der Waals surface area contributed by atoms with Crippen LogP contribution in [-0.2, 0) is 4.74 Å². The minimum absolute atomic E-state index is 0.0812. The molecule has 0 bridgehead atoms. The van der Waals surface area contributed by atoms with Gasteiger partial charge in [-0.2, -0.15) is 5.10 Å². The van der Waals surface area contributed by atoms with Crippen LogP contribution in [0.25, 0.3) is 5.69 Å². The number of nitrogens with zero attached hydrogens (tertiary/aromatic N) is 3. The first-order valence-electron chi connectivity index (χ1n) is 6.45. The first-order valence-corrected chi connectivity index (χ1v) is 6.45. The summed E-state index contributed by atoms with van der Waals surface area (Å²) in [5.41, 5.74) is 2.21. The van der Waals surface area contributed by atoms with Gasteiger partial charge in [-0.25, -0.2) is 9.48 Å². The van der Waals surface area contributed by atoms with Crippen molar-refractivity contribution in [3.63, 3.8) is 0 Å². The maximum absolute atomic E-state index is 11.9. The maximum atomic E-state index is 11.9. The molecular formula is C14H16N3O4-. The van der Waals surface area contributed by atoms with Crippen LogP contribution < -0.4 is 5.23 Å². The van der Waals surface area contributed by atoms with Crippen molar-refractivity contribution < 1.29 is 14.7 Å². The molecule has 0 atom stereocenters. The molecule has 0 aliphatic heterocycles. The summed E-state index contributed by atoms with van der Waals surface area (Å²) < 4.78 is 6.55. The fraction of sp³-hybridized carbons (Fsp3) is 0.286. The minimum atomic E-state index is -0.428. The zero-order valence-electron chi connectivity index (χ0n) is 12.0. The molecule has 7 nitrogen and oxygen atoms in total. The maximum Gasteiger partial charge on any atom is 0.341 e. The van der Waals surface area contributed by atoms with Crippen LogP contribution in [0.3, 0.4) is 0 Å². The van der Waals surface area contributed by atoms with E-state index in [2.05, 4.69) is 5.10 Å². The summed E-state index contributed by atoms with van der Waals surface area (Å²) in [5.74, 6) is -0.428. The molecule has 2 rings (SSSR count). The molecule has 112 valence electrons. The molecule has 0 amide bonds. The molecular weight excluding hydrogens is 274 g/mol. The molecule has 0 radical (unpaired) electrons. The van der Waals surface area contributed by atoms with E-state index in [1.165, 1.54) is 16.8 Å². The van der Waals surface area contributed by atoms with Crippen LogP contribution in [0.5, 0.6) is 0 Å². The van der Waals surface area contributed by atoms with Crippen molar-refractivity contribution in [1.29, 1.82) is 0 Å². The van der Waals surface area contributed by atoms with Gasteiger partial charge in [0.05, 0.1) is 29.4 Å². The first kappa shape index (κ1) is 15.0. The van der Waals surface area contributed by atoms with Crippen LogP contribution in [0.4, 0.5) is 5.69 Å². The Kier molecular flexibility index (Phi) is 4.25. The molecule has 0 unspecified atom stereocenters. The number of ether oxygens (including phenoxy) is 1. The lowest BCUT2D eigenvalue weighted by Gasteiger charge is -2.22. The summed E-state index contributed by atoms with van der Waals surface area (Å²) in [6.45, 7) is 5.48. The van der Waals surface area contributed by atoms with Crippen molar-refractivity contribution >= 4 is 11.7 Å². The molecule has 0 spiro atoms. The van der Waals surface area contributed by atoms with E-state index < -0.39 is 5.97 Å². The van der Waals surface area contributed by atoms with Gasteiger partial charge in [0.2, 0.25) is 0 Å². The second-order valence-electron chi connectivity index (χ2n) is 4.47. The Morgan fingerprint density at radius 1 is 1.48 bits per heavy atom. The lowest BCUT2D eigenvalue weighted by molar-refractivity contribution is 0.0524. The molecule has 1 aromatic carbocycles. The molecule has 21 heavy (non-hydrogen) atoms. The van der Waals surface area contributed by atoms with Crippen molar-refractivity contribution in [2.75, 3.05) is 11.8 Å². The third-order valence-electron chi connectivity index (χ3n) is 3.07. The van der Waals surface area contributed by atoms with Crippen LogP contribution in [0.2, 0.25) is 0 Å². The van der Waals surface area contributed by atoms with Crippen LogP contribution in [0, 0.1) is 19.1 Å². The molecule has 0 saturated heterocycles. The zero-order chi connectivity index (χ0) is 15.6. The number of rotatable bonds is 4. The quantitative estimate of drug-likeness (QED) is 0.686. The average molecular weight is 290 g/mol. The number of anilines is 1. The predicted octanol–water partition coefficient (Wildman–Crippen LogP) is 2.36. The Balaban J connectivity index is 2.49. The van der Waals surface area contributed by atoms with Gasteiger partial charge in [-0.05, 0) is 39.0 Å². The lowest BCUT2D eigenvalue weighted by Crippen LogP contribution is -2.09. The Bertz CT molecular complexity index is 664. The molecule has 1 aromatic heterocycles. The van der Waals surface area contributed by atoms with Gasteiger partial charge in [-0.15, -0.1) is 0 Å². The van der Waals surface area contributed by atoms with E-state index in [9.17, 15) is 10.0 Å². The predicted molar refractivity (Wildman–Crippen MR) is 76.6 cm³/mol. The molecule has 7 heteroatoms. The van der Waals surface area contributed by atoms with E-state index in [0.717, 1.165) is 0 Å². The van der Waals surface area contributed by atoms with Gasteiger partial charge in [0.1, 0.15) is 5.56 Å². The number of esters is 1. The highest BCUT2D eigenvalue weighted by Gasteiger charge is 2.20. The molecule has 0 saturated carbocycles. The van der Waals surface area contributed by atoms with Gasteiger partial charge in [-0.1, -0.05) is 6.07 Å². The SMILES string of the molecule is CCOC(=O)c1c(C)nn(-c2cccc(N([O-])O)c2)c1C. The summed E-state index contributed by atoms with van der Waals surface area (Å²) in [5, 5.41) is 24.0. The van der Waals surface area contributed by atoms with Crippen LogP contribution >= 0.6 is 0 Å². The summed E-state index contributed by atoms with van der Waals surface area (Å²) in [4.78, 5) is 11.9. The van der Waals surface area contributed by atoms with E-state index in [0.29, 0.717) is 22.6 Å². The lowest BCUT2D eigenvalue weighted by atomic mass is 10.2. The highest BCUT2D eigenvalue weighted by Crippen LogP contribution is 2.22. The van der Waals surface area contributed by atoms with Crippen LogP contribution in [0.1, 0.15) is 28.7 Å². The van der Waals surface area contributed by atoms with E-state index in [1.807, 2.05) is 0 Å². The Labute approximate surface area is 121 Å². The van der Waals surface area contributed by atoms with Crippen molar-refractivity contribution in [2.45, 2.75) is 20.8 Å². The van der Waals surface area contributed by atoms with Crippen molar-refractivity contribution in [1.82, 2.24) is 9.78 Å². The fourth-order valence-corrected chi connectivity index (χ4v) is 2.14. The minimum Gasteiger partial charge on any atom is -0.733 e. The third-order valence-corrected chi connectivity index (χ3v) is 3.07. The summed E-state index contributed by atoms with van der Waals surface area (Å²) in [6.07, 6.45) is 0. The van der Waals surface area contributed by atoms with Crippen LogP contribution in [0.15, 0.2) is 24.3 Å². The molecule has 0 aliphatic carbocycles. The van der Waals surface area contributed by atoms with Gasteiger partial charge in [0.25, 0.3) is 0 Å². The van der Waals surface area contributed by atoms with Gasteiger partial charge in [0, 0.05) is 0 Å². The average Bonchev–Trinajstić information content (AvgIpc) is 2.74. The standard InChI is InChI=1S/C14H16N3O4/c1-4-21-14(18)13-9(2)15-16(10(13)3)11-6-5-7-12(8-11)17(19)20/h5-8,19H,4H2,1-3H3/q-1. The number of benzene rings is 1. The fourth-order valence-electron chi connectivity index (χ4n) is 2.14. The number of carbonyl (C=O) groups excluding carboxylic acids is 1. The summed E-state index contributed by atoms with van der Waals surface area (Å²) >= 11 is 0. The number of carbonyl (C=O) groups is 1. The normalized spacial score (nSPS) is 10.5. The number of hydrogen-bond acceptors (Lipinski definition) is 6. The third kappa shape index (κ3) is 2.88. The van der Waals surface area contributed by atoms with E-state index in [-0.39, 0.29) is 17.5 Å². The number of aromatic nitrogens is 2. The second kappa shape index (κ2) is 5.94. The van der Waals surface area contributed by atoms with Gasteiger partial charge in [0.15, 0.2) is 0 Å². The highest BCUT2D eigenvalue weighted by atomic mass is 16.8. The van der Waals surface area contributed by atoms with E-state index in [1.54, 1.807) is 32.9 Å². The van der Waals surface area contributed by atoms with Gasteiger partial charge >= 0.3 is 5.97 Å². The number of aryl methyl sites for hydroxylation is 1. The smallest absolute Gasteiger partial charge is 0.341 e. The zero-order valence-corrected chi connectivity index (χ0v) is 12.0. The molecule has 0 fully saturated rings. The Morgan fingerprint density at radius 2 is 2.19 bits per heavy atom. The van der Waals surface area contributed by atoms with Gasteiger partial charge < -0.3 is 15.2 Å². The van der Waals surface area contributed by atoms with E-state index in [4.69, 9.17) is 9.94 Å². The largest absolute Gasteiger partial charge is 0.733 e. The monoisotopic (exact) mass is 290 g/mol. The molecule has 0 aliphatic rings. The Hall–Kier alpha value is -2.38. The summed E-state index contributed by atoms with van der Waals surface area (Å²) in [7, 11) is 0.